The van der Waals surface area contributed by atoms with Crippen LogP contribution in [0.2, 0.25) is 0 Å². The Balaban J connectivity index is 1.74. The van der Waals surface area contributed by atoms with Crippen molar-refractivity contribution in [1.29, 1.82) is 0 Å². The average Bonchev–Trinajstić information content (AvgIpc) is 2.63. The average molecular weight is 357 g/mol. The lowest BCUT2D eigenvalue weighted by Gasteiger charge is -2.38. The van der Waals surface area contributed by atoms with E-state index in [1.165, 1.54) is 18.2 Å². The van der Waals surface area contributed by atoms with Gasteiger partial charge in [0.2, 0.25) is 5.60 Å². The fraction of sp³-hybridized carbons (Fsp3) is 0.300. The maximum Gasteiger partial charge on any atom is 0.348 e. The molecule has 1 amide bonds. The third kappa shape index (κ3) is 3.54. The number of para-hydroxylation sites is 1. The summed E-state index contributed by atoms with van der Waals surface area (Å²) in [7, 11) is 0. The molecule has 5 nitrogen and oxygen atoms in total. The summed E-state index contributed by atoms with van der Waals surface area (Å²) in [5.74, 6) is -1.98. The first-order chi connectivity index (χ1) is 12.4. The molecule has 0 saturated carbocycles. The molecular formula is C20H20FNO4. The molecule has 1 N–H and O–H groups in total. The molecule has 1 aliphatic rings. The summed E-state index contributed by atoms with van der Waals surface area (Å²) in [5.41, 5.74) is 0.0180. The van der Waals surface area contributed by atoms with E-state index >= 15 is 0 Å². The van der Waals surface area contributed by atoms with Gasteiger partial charge in [-0.2, -0.15) is 0 Å². The number of aliphatic carboxylic acids is 1. The number of benzene rings is 2. The molecule has 136 valence electrons. The normalized spacial score (nSPS) is 16.2. The lowest BCUT2D eigenvalue weighted by Crippen LogP contribution is -2.54. The topological polar surface area (TPSA) is 66.8 Å². The predicted octanol–water partition coefficient (Wildman–Crippen LogP) is 3.27. The van der Waals surface area contributed by atoms with Crippen LogP contribution in [0.15, 0.2) is 48.5 Å². The molecule has 0 radical (unpaired) electrons. The second-order valence-corrected chi connectivity index (χ2v) is 6.49. The Morgan fingerprint density at radius 2 is 1.81 bits per heavy atom. The van der Waals surface area contributed by atoms with Gasteiger partial charge in [0.15, 0.2) is 11.6 Å². The number of likely N-dealkylation sites (tertiary alicyclic amines) is 1. The molecule has 1 aliphatic heterocycles. The largest absolute Gasteiger partial charge is 0.478 e. The third-order valence-electron chi connectivity index (χ3n) is 4.66. The molecule has 2 aromatic rings. The van der Waals surface area contributed by atoms with Crippen LogP contribution < -0.4 is 4.74 Å². The summed E-state index contributed by atoms with van der Waals surface area (Å²) >= 11 is 0. The van der Waals surface area contributed by atoms with Crippen molar-refractivity contribution in [2.24, 2.45) is 0 Å². The molecule has 0 bridgehead atoms. The fourth-order valence-corrected chi connectivity index (χ4v) is 3.13. The van der Waals surface area contributed by atoms with Crippen molar-refractivity contribution in [3.63, 3.8) is 0 Å². The van der Waals surface area contributed by atoms with Gasteiger partial charge in [-0.1, -0.05) is 29.8 Å². The zero-order valence-corrected chi connectivity index (χ0v) is 14.4. The number of carbonyl (C=O) groups excluding carboxylic acids is 1. The Morgan fingerprint density at radius 3 is 2.42 bits per heavy atom. The molecular weight excluding hydrogens is 337 g/mol. The molecule has 0 aliphatic carbocycles. The summed E-state index contributed by atoms with van der Waals surface area (Å²) in [6.45, 7) is 2.37. The van der Waals surface area contributed by atoms with Gasteiger partial charge in [0, 0.05) is 31.5 Å². The van der Waals surface area contributed by atoms with Crippen molar-refractivity contribution in [3.05, 3.63) is 65.5 Å². The summed E-state index contributed by atoms with van der Waals surface area (Å²) < 4.78 is 19.4. The van der Waals surface area contributed by atoms with Crippen molar-refractivity contribution in [1.82, 2.24) is 4.90 Å². The van der Waals surface area contributed by atoms with E-state index in [0.717, 1.165) is 5.56 Å². The molecule has 6 heteroatoms. The van der Waals surface area contributed by atoms with Gasteiger partial charge >= 0.3 is 5.97 Å². The van der Waals surface area contributed by atoms with E-state index < -0.39 is 17.4 Å². The maximum absolute atomic E-state index is 13.9. The highest BCUT2D eigenvalue weighted by Gasteiger charge is 2.45. The van der Waals surface area contributed by atoms with Crippen LogP contribution in [0.25, 0.3) is 0 Å². The van der Waals surface area contributed by atoms with Crippen LogP contribution in [-0.4, -0.2) is 40.6 Å². The smallest absolute Gasteiger partial charge is 0.348 e. The SMILES string of the molecule is Cc1cccc(C(=O)N2CCC(Oc3ccccc3F)(C(=O)O)CC2)c1. The maximum atomic E-state index is 13.9. The Labute approximate surface area is 151 Å². The van der Waals surface area contributed by atoms with E-state index in [2.05, 4.69) is 0 Å². The standard InChI is InChI=1S/C20H20FNO4/c1-14-5-4-6-15(13-14)18(23)22-11-9-20(10-12-22,19(24)25)26-17-8-3-2-7-16(17)21/h2-8,13H,9-12H2,1H3,(H,24,25). The number of aryl methyl sites for hydroxylation is 1. The fourth-order valence-electron chi connectivity index (χ4n) is 3.13. The van der Waals surface area contributed by atoms with Crippen LogP contribution in [-0.2, 0) is 4.79 Å². The number of hydrogen-bond acceptors (Lipinski definition) is 3. The van der Waals surface area contributed by atoms with Gasteiger partial charge in [-0.15, -0.1) is 0 Å². The number of amides is 1. The first kappa shape index (κ1) is 17.9. The van der Waals surface area contributed by atoms with E-state index in [-0.39, 0.29) is 37.6 Å². The number of carbonyl (C=O) groups is 2. The molecule has 0 atom stereocenters. The molecule has 0 aromatic heterocycles. The molecule has 3 rings (SSSR count). The first-order valence-electron chi connectivity index (χ1n) is 8.44. The quantitative estimate of drug-likeness (QED) is 0.912. The second kappa shape index (κ2) is 7.15. The minimum absolute atomic E-state index is 0.0895. The number of nitrogens with zero attached hydrogens (tertiary/aromatic N) is 1. The van der Waals surface area contributed by atoms with Gasteiger partial charge in [0.25, 0.3) is 5.91 Å². The number of hydrogen-bond donors (Lipinski definition) is 1. The van der Waals surface area contributed by atoms with E-state index in [0.29, 0.717) is 5.56 Å². The number of ether oxygens (including phenoxy) is 1. The highest BCUT2D eigenvalue weighted by molar-refractivity contribution is 5.94. The Kier molecular flexibility index (Phi) is 4.93. The highest BCUT2D eigenvalue weighted by atomic mass is 19.1. The third-order valence-corrected chi connectivity index (χ3v) is 4.66. The molecule has 0 unspecified atom stereocenters. The number of carboxylic acids is 1. The zero-order chi connectivity index (χ0) is 18.7. The number of rotatable bonds is 4. The van der Waals surface area contributed by atoms with E-state index in [1.54, 1.807) is 23.1 Å². The number of halogens is 1. The summed E-state index contributed by atoms with van der Waals surface area (Å²) in [6.07, 6.45) is 0.183. The molecule has 1 fully saturated rings. The van der Waals surface area contributed by atoms with Crippen LogP contribution in [0.5, 0.6) is 5.75 Å². The van der Waals surface area contributed by atoms with Crippen molar-refractivity contribution < 1.29 is 23.8 Å². The lowest BCUT2D eigenvalue weighted by molar-refractivity contribution is -0.159. The monoisotopic (exact) mass is 357 g/mol. The van der Waals surface area contributed by atoms with Gasteiger partial charge in [0.1, 0.15) is 0 Å². The Hall–Kier alpha value is -2.89. The minimum atomic E-state index is -1.54. The molecule has 1 saturated heterocycles. The van der Waals surface area contributed by atoms with Crippen LogP contribution in [0.3, 0.4) is 0 Å². The summed E-state index contributed by atoms with van der Waals surface area (Å²) in [4.78, 5) is 26.1. The Bertz CT molecular complexity index is 828. The van der Waals surface area contributed by atoms with Crippen LogP contribution in [0, 0.1) is 12.7 Å². The van der Waals surface area contributed by atoms with Crippen LogP contribution in [0.4, 0.5) is 4.39 Å². The lowest BCUT2D eigenvalue weighted by atomic mass is 9.90. The van der Waals surface area contributed by atoms with Crippen molar-refractivity contribution in [2.45, 2.75) is 25.4 Å². The Morgan fingerprint density at radius 1 is 1.12 bits per heavy atom. The van der Waals surface area contributed by atoms with Crippen LogP contribution >= 0.6 is 0 Å². The number of carboxylic acid groups (broad SMARTS) is 1. The van der Waals surface area contributed by atoms with Gasteiger partial charge < -0.3 is 14.7 Å². The van der Waals surface area contributed by atoms with Crippen molar-refractivity contribution in [3.8, 4) is 5.75 Å². The van der Waals surface area contributed by atoms with E-state index in [9.17, 15) is 19.1 Å². The van der Waals surface area contributed by atoms with E-state index in [4.69, 9.17) is 4.74 Å². The van der Waals surface area contributed by atoms with Crippen LogP contribution in [0.1, 0.15) is 28.8 Å². The van der Waals surface area contributed by atoms with Gasteiger partial charge in [-0.05, 0) is 31.2 Å². The summed E-state index contributed by atoms with van der Waals surface area (Å²) in [5, 5.41) is 9.67. The van der Waals surface area contributed by atoms with Gasteiger partial charge in [-0.3, -0.25) is 4.79 Å². The number of piperidine rings is 1. The predicted molar refractivity (Wildman–Crippen MR) is 93.7 cm³/mol. The molecule has 1 heterocycles. The minimum Gasteiger partial charge on any atom is -0.478 e. The van der Waals surface area contributed by atoms with E-state index in [1.807, 2.05) is 19.1 Å². The second-order valence-electron chi connectivity index (χ2n) is 6.49. The highest BCUT2D eigenvalue weighted by Crippen LogP contribution is 2.31. The summed E-state index contributed by atoms with van der Waals surface area (Å²) in [6, 6.07) is 13.0. The molecule has 26 heavy (non-hydrogen) atoms. The zero-order valence-electron chi connectivity index (χ0n) is 14.4. The molecule has 2 aromatic carbocycles. The first-order valence-corrected chi connectivity index (χ1v) is 8.44. The van der Waals surface area contributed by atoms with Gasteiger partial charge in [0.05, 0.1) is 0 Å². The van der Waals surface area contributed by atoms with Crippen molar-refractivity contribution >= 4 is 11.9 Å². The van der Waals surface area contributed by atoms with Crippen molar-refractivity contribution in [2.75, 3.05) is 13.1 Å². The van der Waals surface area contributed by atoms with Gasteiger partial charge in [-0.25, -0.2) is 9.18 Å². The molecule has 0 spiro atoms.